The lowest BCUT2D eigenvalue weighted by atomic mass is 10.1. The minimum absolute atomic E-state index is 0.203. The first-order valence-electron chi connectivity index (χ1n) is 8.22. The molecule has 2 aromatic carbocycles. The molecule has 0 heterocycles. The normalized spacial score (nSPS) is 10.0. The maximum atomic E-state index is 11.9. The molecule has 2 rings (SSSR count). The van der Waals surface area contributed by atoms with Crippen molar-refractivity contribution in [3.8, 4) is 0 Å². The predicted octanol–water partition coefficient (Wildman–Crippen LogP) is 2.61. The number of ether oxygens (including phenoxy) is 1. The number of hydrogen-bond acceptors (Lipinski definition) is 4. The molecular formula is C19H20ClN3O4. The van der Waals surface area contributed by atoms with Crippen LogP contribution in [0, 0.1) is 0 Å². The number of carbonyl (C=O) groups is 3. The van der Waals surface area contributed by atoms with Crippen LogP contribution in [0.1, 0.15) is 15.9 Å². The molecule has 3 N–H and O–H groups in total. The molecular weight excluding hydrogens is 370 g/mol. The highest BCUT2D eigenvalue weighted by molar-refractivity contribution is 6.30. The van der Waals surface area contributed by atoms with Crippen molar-refractivity contribution in [1.82, 2.24) is 10.6 Å². The van der Waals surface area contributed by atoms with E-state index in [0.29, 0.717) is 29.2 Å². The largest absolute Gasteiger partial charge is 0.468 e. The Morgan fingerprint density at radius 3 is 2.26 bits per heavy atom. The zero-order valence-electron chi connectivity index (χ0n) is 14.8. The first-order valence-corrected chi connectivity index (χ1v) is 8.60. The predicted molar refractivity (Wildman–Crippen MR) is 103 cm³/mol. The Hall–Kier alpha value is -3.06. The van der Waals surface area contributed by atoms with E-state index in [4.69, 9.17) is 11.6 Å². The van der Waals surface area contributed by atoms with Crippen molar-refractivity contribution in [2.45, 2.75) is 6.42 Å². The van der Waals surface area contributed by atoms with Gasteiger partial charge in [-0.15, -0.1) is 0 Å². The molecule has 0 aromatic heterocycles. The van der Waals surface area contributed by atoms with Crippen molar-refractivity contribution >= 4 is 35.2 Å². The van der Waals surface area contributed by atoms with E-state index in [9.17, 15) is 14.4 Å². The third-order valence-electron chi connectivity index (χ3n) is 3.64. The number of carbonyl (C=O) groups excluding carboxylic acids is 3. The Bertz CT molecular complexity index is 792. The van der Waals surface area contributed by atoms with Crippen LogP contribution < -0.4 is 16.0 Å². The SMILES string of the molecule is COC(=O)CNC(=O)c1ccc(NC(=O)NCCc2ccc(Cl)cc2)cc1. The molecule has 0 saturated carbocycles. The first-order chi connectivity index (χ1) is 13.0. The van der Waals surface area contributed by atoms with Gasteiger partial charge in [0.05, 0.1) is 7.11 Å². The van der Waals surface area contributed by atoms with Gasteiger partial charge in [0.2, 0.25) is 0 Å². The third kappa shape index (κ3) is 6.99. The maximum absolute atomic E-state index is 11.9. The van der Waals surface area contributed by atoms with E-state index in [-0.39, 0.29) is 12.6 Å². The fraction of sp³-hybridized carbons (Fsp3) is 0.211. The molecule has 0 bridgehead atoms. The highest BCUT2D eigenvalue weighted by Crippen LogP contribution is 2.10. The minimum Gasteiger partial charge on any atom is -0.468 e. The highest BCUT2D eigenvalue weighted by Gasteiger charge is 2.08. The Kier molecular flexibility index (Phi) is 7.63. The van der Waals surface area contributed by atoms with Crippen LogP contribution in [0.4, 0.5) is 10.5 Å². The number of benzene rings is 2. The summed E-state index contributed by atoms with van der Waals surface area (Å²) in [5.74, 6) is -0.934. The Labute approximate surface area is 162 Å². The molecule has 0 radical (unpaired) electrons. The van der Waals surface area contributed by atoms with Gasteiger partial charge in [-0.3, -0.25) is 9.59 Å². The number of methoxy groups -OCH3 is 1. The van der Waals surface area contributed by atoms with Crippen LogP contribution in [0.15, 0.2) is 48.5 Å². The fourth-order valence-electron chi connectivity index (χ4n) is 2.18. The smallest absolute Gasteiger partial charge is 0.325 e. The van der Waals surface area contributed by atoms with E-state index in [1.807, 2.05) is 12.1 Å². The van der Waals surface area contributed by atoms with Gasteiger partial charge in [-0.05, 0) is 48.4 Å². The van der Waals surface area contributed by atoms with Gasteiger partial charge in [-0.2, -0.15) is 0 Å². The van der Waals surface area contributed by atoms with E-state index in [2.05, 4.69) is 20.7 Å². The van der Waals surface area contributed by atoms with E-state index in [0.717, 1.165) is 5.56 Å². The van der Waals surface area contributed by atoms with Crippen molar-refractivity contribution in [2.75, 3.05) is 25.5 Å². The topological polar surface area (TPSA) is 96.5 Å². The third-order valence-corrected chi connectivity index (χ3v) is 3.89. The van der Waals surface area contributed by atoms with Crippen molar-refractivity contribution in [2.24, 2.45) is 0 Å². The molecule has 3 amide bonds. The molecule has 0 spiro atoms. The van der Waals surface area contributed by atoms with Gasteiger partial charge in [0, 0.05) is 22.8 Å². The van der Waals surface area contributed by atoms with Crippen LogP contribution >= 0.6 is 11.6 Å². The van der Waals surface area contributed by atoms with Gasteiger partial charge < -0.3 is 20.7 Å². The average molecular weight is 390 g/mol. The molecule has 7 nitrogen and oxygen atoms in total. The molecule has 0 aliphatic rings. The van der Waals surface area contributed by atoms with Crippen LogP contribution in [0.5, 0.6) is 0 Å². The Morgan fingerprint density at radius 2 is 1.63 bits per heavy atom. The number of halogens is 1. The summed E-state index contributed by atoms with van der Waals surface area (Å²) in [4.78, 5) is 34.8. The second kappa shape index (κ2) is 10.2. The summed E-state index contributed by atoms with van der Waals surface area (Å²) in [5, 5.41) is 8.55. The van der Waals surface area contributed by atoms with Gasteiger partial charge in [-0.1, -0.05) is 23.7 Å². The Balaban J connectivity index is 1.76. The summed E-state index contributed by atoms with van der Waals surface area (Å²) >= 11 is 5.83. The van der Waals surface area contributed by atoms with E-state index < -0.39 is 11.9 Å². The standard InChI is InChI=1S/C19H20ClN3O4/c1-27-17(24)12-22-18(25)14-4-8-16(9-5-14)23-19(26)21-11-10-13-2-6-15(20)7-3-13/h2-9H,10-12H2,1H3,(H,22,25)(H2,21,23,26). The number of hydrogen-bond donors (Lipinski definition) is 3. The summed E-state index contributed by atoms with van der Waals surface area (Å²) in [7, 11) is 1.25. The molecule has 27 heavy (non-hydrogen) atoms. The van der Waals surface area contributed by atoms with Crippen LogP contribution in [0.2, 0.25) is 5.02 Å². The second-order valence-electron chi connectivity index (χ2n) is 5.59. The van der Waals surface area contributed by atoms with Gasteiger partial charge in [0.1, 0.15) is 6.54 Å². The molecule has 0 unspecified atom stereocenters. The van der Waals surface area contributed by atoms with Crippen LogP contribution in [-0.4, -0.2) is 38.1 Å². The number of rotatable bonds is 7. The summed E-state index contributed by atoms with van der Waals surface area (Å²) in [5.41, 5.74) is 1.98. The van der Waals surface area contributed by atoms with Gasteiger partial charge in [0.15, 0.2) is 0 Å². The minimum atomic E-state index is -0.531. The van der Waals surface area contributed by atoms with Gasteiger partial charge in [0.25, 0.3) is 5.91 Å². The maximum Gasteiger partial charge on any atom is 0.325 e. The quantitative estimate of drug-likeness (QED) is 0.634. The first kappa shape index (κ1) is 20.3. The molecule has 0 fully saturated rings. The van der Waals surface area contributed by atoms with Crippen molar-refractivity contribution < 1.29 is 19.1 Å². The lowest BCUT2D eigenvalue weighted by molar-refractivity contribution is -0.139. The molecule has 0 aliphatic carbocycles. The summed E-state index contributed by atoms with van der Waals surface area (Å²) in [6, 6.07) is 13.4. The molecule has 2 aromatic rings. The van der Waals surface area contributed by atoms with E-state index in [1.54, 1.807) is 36.4 Å². The molecule has 0 atom stereocenters. The number of esters is 1. The summed E-state index contributed by atoms with van der Waals surface area (Å²) in [6.45, 7) is 0.271. The van der Waals surface area contributed by atoms with Crippen molar-refractivity contribution in [1.29, 1.82) is 0 Å². The summed E-state index contributed by atoms with van der Waals surface area (Å²) in [6.07, 6.45) is 0.684. The average Bonchev–Trinajstić information content (AvgIpc) is 2.68. The van der Waals surface area contributed by atoms with Crippen molar-refractivity contribution in [3.63, 3.8) is 0 Å². The molecule has 8 heteroatoms. The van der Waals surface area contributed by atoms with Gasteiger partial charge in [-0.25, -0.2) is 4.79 Å². The monoisotopic (exact) mass is 389 g/mol. The van der Waals surface area contributed by atoms with Gasteiger partial charge >= 0.3 is 12.0 Å². The molecule has 0 saturated heterocycles. The van der Waals surface area contributed by atoms with E-state index >= 15 is 0 Å². The zero-order chi connectivity index (χ0) is 19.6. The zero-order valence-corrected chi connectivity index (χ0v) is 15.5. The lowest BCUT2D eigenvalue weighted by Crippen LogP contribution is -2.31. The number of nitrogens with one attached hydrogen (secondary N) is 3. The van der Waals surface area contributed by atoms with E-state index in [1.165, 1.54) is 7.11 Å². The van der Waals surface area contributed by atoms with Crippen molar-refractivity contribution in [3.05, 3.63) is 64.7 Å². The lowest BCUT2D eigenvalue weighted by Gasteiger charge is -2.09. The number of anilines is 1. The molecule has 0 aliphatic heterocycles. The van der Waals surface area contributed by atoms with Crippen LogP contribution in [0.3, 0.4) is 0 Å². The Morgan fingerprint density at radius 1 is 0.963 bits per heavy atom. The van der Waals surface area contributed by atoms with Crippen LogP contribution in [-0.2, 0) is 16.0 Å². The highest BCUT2D eigenvalue weighted by atomic mass is 35.5. The number of urea groups is 1. The second-order valence-corrected chi connectivity index (χ2v) is 6.03. The van der Waals surface area contributed by atoms with Crippen LogP contribution in [0.25, 0.3) is 0 Å². The molecule has 142 valence electrons. The number of amides is 3. The summed E-state index contributed by atoms with van der Waals surface area (Å²) < 4.78 is 4.45. The fourth-order valence-corrected chi connectivity index (χ4v) is 2.30.